The van der Waals surface area contributed by atoms with Crippen LogP contribution in [0.15, 0.2) is 24.5 Å². The van der Waals surface area contributed by atoms with Gasteiger partial charge in [-0.1, -0.05) is 13.0 Å². The van der Waals surface area contributed by atoms with Crippen molar-refractivity contribution in [3.8, 4) is 0 Å². The first-order valence-corrected chi connectivity index (χ1v) is 6.39. The Labute approximate surface area is 105 Å². The number of hydrogen-bond donors (Lipinski definition) is 1. The van der Waals surface area contributed by atoms with Crippen LogP contribution in [-0.2, 0) is 4.74 Å². The Morgan fingerprint density at radius 3 is 2.71 bits per heavy atom. The highest BCUT2D eigenvalue weighted by molar-refractivity contribution is 5.17. The van der Waals surface area contributed by atoms with E-state index in [2.05, 4.69) is 37.1 Å². The van der Waals surface area contributed by atoms with Crippen LogP contribution in [0.1, 0.15) is 45.7 Å². The van der Waals surface area contributed by atoms with E-state index >= 15 is 0 Å². The van der Waals surface area contributed by atoms with Gasteiger partial charge in [0.15, 0.2) is 0 Å². The molecular weight excluding hydrogens is 212 g/mol. The van der Waals surface area contributed by atoms with E-state index in [-0.39, 0.29) is 11.6 Å². The topological polar surface area (TPSA) is 34.2 Å². The number of rotatable bonds is 7. The quantitative estimate of drug-likeness (QED) is 0.790. The van der Waals surface area contributed by atoms with Gasteiger partial charge in [-0.05, 0) is 45.4 Å². The minimum absolute atomic E-state index is 0.177. The van der Waals surface area contributed by atoms with Crippen molar-refractivity contribution in [3.63, 3.8) is 0 Å². The Kier molecular flexibility index (Phi) is 5.59. The minimum atomic E-state index is -0.229. The van der Waals surface area contributed by atoms with Crippen molar-refractivity contribution in [1.29, 1.82) is 0 Å². The fraction of sp³-hybridized carbons (Fsp3) is 0.643. The number of ether oxygens (including phenoxy) is 1. The maximum absolute atomic E-state index is 5.85. The van der Waals surface area contributed by atoms with Crippen LogP contribution in [0.25, 0.3) is 0 Å². The maximum atomic E-state index is 5.85. The van der Waals surface area contributed by atoms with E-state index < -0.39 is 0 Å². The fourth-order valence-corrected chi connectivity index (χ4v) is 2.06. The molecule has 0 aliphatic carbocycles. The number of pyridine rings is 1. The molecule has 0 radical (unpaired) electrons. The molecule has 0 aliphatic heterocycles. The third-order valence-electron chi connectivity index (χ3n) is 2.83. The third-order valence-corrected chi connectivity index (χ3v) is 2.83. The molecule has 1 unspecified atom stereocenters. The largest absolute Gasteiger partial charge is 0.374 e. The first-order valence-electron chi connectivity index (χ1n) is 6.39. The van der Waals surface area contributed by atoms with Gasteiger partial charge in [0.2, 0.25) is 0 Å². The second-order valence-electron chi connectivity index (χ2n) is 4.71. The molecule has 17 heavy (non-hydrogen) atoms. The van der Waals surface area contributed by atoms with Gasteiger partial charge in [0.1, 0.15) is 0 Å². The predicted molar refractivity (Wildman–Crippen MR) is 71.0 cm³/mol. The van der Waals surface area contributed by atoms with E-state index in [1.54, 1.807) is 6.20 Å². The summed E-state index contributed by atoms with van der Waals surface area (Å²) >= 11 is 0. The van der Waals surface area contributed by atoms with Crippen molar-refractivity contribution in [3.05, 3.63) is 30.1 Å². The van der Waals surface area contributed by atoms with E-state index in [1.807, 2.05) is 19.2 Å². The lowest BCUT2D eigenvalue weighted by molar-refractivity contribution is -0.0392. The summed E-state index contributed by atoms with van der Waals surface area (Å²) in [6, 6.07) is 4.25. The second-order valence-corrected chi connectivity index (χ2v) is 4.71. The zero-order chi connectivity index (χ0) is 12.7. The Morgan fingerprint density at radius 2 is 2.18 bits per heavy atom. The highest BCUT2D eigenvalue weighted by atomic mass is 16.5. The van der Waals surface area contributed by atoms with Gasteiger partial charge in [-0.15, -0.1) is 0 Å². The normalized spacial score (nSPS) is 13.6. The van der Waals surface area contributed by atoms with Crippen LogP contribution in [0, 0.1) is 0 Å². The lowest BCUT2D eigenvalue weighted by Crippen LogP contribution is -2.42. The van der Waals surface area contributed by atoms with E-state index in [0.29, 0.717) is 0 Å². The molecule has 0 bridgehead atoms. The van der Waals surface area contributed by atoms with Crippen LogP contribution in [0.3, 0.4) is 0 Å². The maximum Gasteiger partial charge on any atom is 0.0820 e. The van der Waals surface area contributed by atoms with Crippen molar-refractivity contribution in [2.24, 2.45) is 0 Å². The molecule has 1 aromatic rings. The molecule has 0 fully saturated rings. The lowest BCUT2D eigenvalue weighted by atomic mass is 9.92. The van der Waals surface area contributed by atoms with Crippen LogP contribution in [0.4, 0.5) is 0 Å². The average Bonchev–Trinajstić information content (AvgIpc) is 2.30. The summed E-state index contributed by atoms with van der Waals surface area (Å²) in [4.78, 5) is 4.19. The Bertz CT molecular complexity index is 311. The molecule has 0 spiro atoms. The van der Waals surface area contributed by atoms with Crippen molar-refractivity contribution in [1.82, 2.24) is 10.3 Å². The first-order chi connectivity index (χ1) is 8.11. The van der Waals surface area contributed by atoms with Crippen LogP contribution in [0.5, 0.6) is 0 Å². The van der Waals surface area contributed by atoms with E-state index in [1.165, 1.54) is 5.56 Å². The van der Waals surface area contributed by atoms with Crippen LogP contribution < -0.4 is 5.32 Å². The van der Waals surface area contributed by atoms with Gasteiger partial charge in [0.05, 0.1) is 11.6 Å². The van der Waals surface area contributed by atoms with Crippen LogP contribution >= 0.6 is 0 Å². The molecule has 0 amide bonds. The summed E-state index contributed by atoms with van der Waals surface area (Å²) in [7, 11) is 0. The van der Waals surface area contributed by atoms with Crippen molar-refractivity contribution >= 4 is 0 Å². The molecule has 1 heterocycles. The van der Waals surface area contributed by atoms with Gasteiger partial charge in [-0.3, -0.25) is 4.98 Å². The summed E-state index contributed by atoms with van der Waals surface area (Å²) in [6.07, 6.45) is 4.82. The number of aromatic nitrogens is 1. The van der Waals surface area contributed by atoms with Gasteiger partial charge < -0.3 is 10.1 Å². The molecule has 1 rings (SSSR count). The molecule has 0 aliphatic rings. The van der Waals surface area contributed by atoms with Crippen molar-refractivity contribution < 1.29 is 4.74 Å². The SMILES string of the molecule is CCCNC(c1cccnc1)C(C)(C)OCC. The van der Waals surface area contributed by atoms with Crippen LogP contribution in [-0.4, -0.2) is 23.7 Å². The number of nitrogens with one attached hydrogen (secondary N) is 1. The Hall–Kier alpha value is -0.930. The number of nitrogens with zero attached hydrogens (tertiary/aromatic N) is 1. The van der Waals surface area contributed by atoms with Gasteiger partial charge in [-0.25, -0.2) is 0 Å². The monoisotopic (exact) mass is 236 g/mol. The van der Waals surface area contributed by atoms with E-state index in [4.69, 9.17) is 4.74 Å². The summed E-state index contributed by atoms with van der Waals surface area (Å²) < 4.78 is 5.85. The van der Waals surface area contributed by atoms with E-state index in [9.17, 15) is 0 Å². The minimum Gasteiger partial charge on any atom is -0.374 e. The van der Waals surface area contributed by atoms with Gasteiger partial charge in [0.25, 0.3) is 0 Å². The summed E-state index contributed by atoms with van der Waals surface area (Å²) in [5, 5.41) is 3.55. The molecular formula is C14H24N2O. The smallest absolute Gasteiger partial charge is 0.0820 e. The first kappa shape index (κ1) is 14.1. The zero-order valence-electron chi connectivity index (χ0n) is 11.4. The van der Waals surface area contributed by atoms with Gasteiger partial charge in [0, 0.05) is 19.0 Å². The van der Waals surface area contributed by atoms with Gasteiger partial charge >= 0.3 is 0 Å². The zero-order valence-corrected chi connectivity index (χ0v) is 11.4. The summed E-state index contributed by atoms with van der Waals surface area (Å²) in [5.41, 5.74) is 0.951. The molecule has 96 valence electrons. The van der Waals surface area contributed by atoms with Gasteiger partial charge in [-0.2, -0.15) is 0 Å². The molecule has 3 heteroatoms. The van der Waals surface area contributed by atoms with E-state index in [0.717, 1.165) is 19.6 Å². The summed E-state index contributed by atoms with van der Waals surface area (Å²) in [5.74, 6) is 0. The predicted octanol–water partition coefficient (Wildman–Crippen LogP) is 2.94. The summed E-state index contributed by atoms with van der Waals surface area (Å²) in [6.45, 7) is 10.1. The second kappa shape index (κ2) is 6.72. The number of hydrogen-bond acceptors (Lipinski definition) is 3. The molecule has 1 aromatic heterocycles. The molecule has 1 atom stereocenters. The average molecular weight is 236 g/mol. The van der Waals surface area contributed by atoms with Crippen molar-refractivity contribution in [2.75, 3.05) is 13.2 Å². The Balaban J connectivity index is 2.87. The third kappa shape index (κ3) is 4.10. The molecule has 0 saturated carbocycles. The Morgan fingerprint density at radius 1 is 1.41 bits per heavy atom. The van der Waals surface area contributed by atoms with Crippen LogP contribution in [0.2, 0.25) is 0 Å². The standard InChI is InChI=1S/C14H24N2O/c1-5-9-16-13(14(3,4)17-6-2)12-8-7-10-15-11-12/h7-8,10-11,13,16H,5-6,9H2,1-4H3. The fourth-order valence-electron chi connectivity index (χ4n) is 2.06. The molecule has 0 aromatic carbocycles. The highest BCUT2D eigenvalue weighted by Gasteiger charge is 2.30. The molecule has 3 nitrogen and oxygen atoms in total. The molecule has 0 saturated heterocycles. The molecule has 1 N–H and O–H groups in total. The van der Waals surface area contributed by atoms with Crippen molar-refractivity contribution in [2.45, 2.75) is 45.8 Å². The highest BCUT2D eigenvalue weighted by Crippen LogP contribution is 2.28. The lowest BCUT2D eigenvalue weighted by Gasteiger charge is -2.35.